The smallest absolute Gasteiger partial charge is 0.240 e. The topological polar surface area (TPSA) is 93.1 Å². The van der Waals surface area contributed by atoms with Crippen LogP contribution in [0.2, 0.25) is 0 Å². The SMILES string of the molecule is Cc1nn(C)c(C)c1CCNS(=O)(=O)c1ccc(NC(=O)CC(C)C)cc1. The number of amides is 1. The average Bonchev–Trinajstić information content (AvgIpc) is 2.80. The third-order valence-electron chi connectivity index (χ3n) is 4.37. The number of hydrogen-bond acceptors (Lipinski definition) is 4. The fraction of sp³-hybridized carbons (Fsp3) is 0.474. The zero-order valence-electron chi connectivity index (χ0n) is 16.5. The van der Waals surface area contributed by atoms with Crippen LogP contribution in [0.4, 0.5) is 5.69 Å². The molecule has 0 saturated heterocycles. The summed E-state index contributed by atoms with van der Waals surface area (Å²) in [5.74, 6) is 0.182. The Morgan fingerprint density at radius 3 is 2.33 bits per heavy atom. The van der Waals surface area contributed by atoms with Crippen LogP contribution in [-0.4, -0.2) is 30.7 Å². The minimum Gasteiger partial charge on any atom is -0.326 e. The van der Waals surface area contributed by atoms with E-state index in [4.69, 9.17) is 0 Å². The molecule has 1 amide bonds. The van der Waals surface area contributed by atoms with Gasteiger partial charge >= 0.3 is 0 Å². The van der Waals surface area contributed by atoms with Crippen molar-refractivity contribution in [3.63, 3.8) is 0 Å². The van der Waals surface area contributed by atoms with Crippen LogP contribution in [0.1, 0.15) is 37.2 Å². The van der Waals surface area contributed by atoms with Crippen molar-refractivity contribution in [1.29, 1.82) is 0 Å². The summed E-state index contributed by atoms with van der Waals surface area (Å²) in [7, 11) is -1.73. The van der Waals surface area contributed by atoms with E-state index in [0.29, 0.717) is 25.1 Å². The van der Waals surface area contributed by atoms with Crippen LogP contribution in [0.5, 0.6) is 0 Å². The molecule has 2 aromatic rings. The third-order valence-corrected chi connectivity index (χ3v) is 5.84. The van der Waals surface area contributed by atoms with Gasteiger partial charge in [-0.1, -0.05) is 13.8 Å². The van der Waals surface area contributed by atoms with E-state index < -0.39 is 10.0 Å². The van der Waals surface area contributed by atoms with Crippen LogP contribution in [0.15, 0.2) is 29.2 Å². The summed E-state index contributed by atoms with van der Waals surface area (Å²) in [6, 6.07) is 6.19. The maximum atomic E-state index is 12.5. The lowest BCUT2D eigenvalue weighted by Gasteiger charge is -2.10. The minimum absolute atomic E-state index is 0.0825. The molecular formula is C19H28N4O3S. The number of aryl methyl sites for hydroxylation is 2. The lowest BCUT2D eigenvalue weighted by molar-refractivity contribution is -0.116. The van der Waals surface area contributed by atoms with Crippen molar-refractivity contribution in [2.24, 2.45) is 13.0 Å². The Morgan fingerprint density at radius 2 is 1.81 bits per heavy atom. The zero-order valence-corrected chi connectivity index (χ0v) is 17.4. The molecule has 0 radical (unpaired) electrons. The highest BCUT2D eigenvalue weighted by molar-refractivity contribution is 7.89. The van der Waals surface area contributed by atoms with Gasteiger partial charge in [0.15, 0.2) is 0 Å². The Hall–Kier alpha value is -2.19. The molecule has 0 spiro atoms. The lowest BCUT2D eigenvalue weighted by atomic mass is 10.1. The second kappa shape index (κ2) is 8.67. The average molecular weight is 393 g/mol. The molecule has 1 aromatic heterocycles. The zero-order chi connectivity index (χ0) is 20.2. The molecule has 2 rings (SSSR count). The highest BCUT2D eigenvalue weighted by atomic mass is 32.2. The van der Waals surface area contributed by atoms with Crippen molar-refractivity contribution in [2.75, 3.05) is 11.9 Å². The molecule has 0 aliphatic heterocycles. The van der Waals surface area contributed by atoms with Gasteiger partial charge in [-0.3, -0.25) is 9.48 Å². The van der Waals surface area contributed by atoms with Crippen LogP contribution in [0, 0.1) is 19.8 Å². The first-order valence-electron chi connectivity index (χ1n) is 8.99. The Morgan fingerprint density at radius 1 is 1.19 bits per heavy atom. The first-order chi connectivity index (χ1) is 12.6. The normalized spacial score (nSPS) is 11.8. The first-order valence-corrected chi connectivity index (χ1v) is 10.5. The predicted molar refractivity (Wildman–Crippen MR) is 106 cm³/mol. The first kappa shape index (κ1) is 21.1. The van der Waals surface area contributed by atoms with Gasteiger partial charge in [0.05, 0.1) is 10.6 Å². The number of rotatable bonds is 8. The van der Waals surface area contributed by atoms with Crippen LogP contribution in [0.25, 0.3) is 0 Å². The highest BCUT2D eigenvalue weighted by Crippen LogP contribution is 2.16. The standard InChI is InChI=1S/C19H28N4O3S/c1-13(2)12-19(24)21-16-6-8-17(9-7-16)27(25,26)20-11-10-18-14(3)22-23(5)15(18)4/h6-9,13,20H,10-12H2,1-5H3,(H,21,24). The van der Waals surface area contributed by atoms with Gasteiger partial charge in [-0.05, 0) is 56.0 Å². The number of hydrogen-bond donors (Lipinski definition) is 2. The molecule has 8 heteroatoms. The highest BCUT2D eigenvalue weighted by Gasteiger charge is 2.15. The summed E-state index contributed by atoms with van der Waals surface area (Å²) in [5.41, 5.74) is 3.59. The molecular weight excluding hydrogens is 364 g/mol. The number of carbonyl (C=O) groups excluding carboxylic acids is 1. The molecule has 27 heavy (non-hydrogen) atoms. The quantitative estimate of drug-likeness (QED) is 0.722. The van der Waals surface area contributed by atoms with Crippen LogP contribution >= 0.6 is 0 Å². The van der Waals surface area contributed by atoms with E-state index in [2.05, 4.69) is 15.1 Å². The summed E-state index contributed by atoms with van der Waals surface area (Å²) in [6.45, 7) is 8.12. The second-order valence-electron chi connectivity index (χ2n) is 7.09. The van der Waals surface area contributed by atoms with Gasteiger partial charge < -0.3 is 5.32 Å². The number of sulfonamides is 1. The number of nitrogens with one attached hydrogen (secondary N) is 2. The van der Waals surface area contributed by atoms with Crippen molar-refractivity contribution < 1.29 is 13.2 Å². The molecule has 148 valence electrons. The van der Waals surface area contributed by atoms with Gasteiger partial charge in [-0.25, -0.2) is 13.1 Å². The van der Waals surface area contributed by atoms with Gasteiger partial charge in [0.1, 0.15) is 0 Å². The fourth-order valence-corrected chi connectivity index (χ4v) is 3.91. The van der Waals surface area contributed by atoms with Gasteiger partial charge in [0, 0.05) is 31.4 Å². The number of benzene rings is 1. The van der Waals surface area contributed by atoms with Gasteiger partial charge in [0.25, 0.3) is 0 Å². The fourth-order valence-electron chi connectivity index (χ4n) is 2.87. The minimum atomic E-state index is -3.60. The molecule has 1 heterocycles. The second-order valence-corrected chi connectivity index (χ2v) is 8.86. The van der Waals surface area contributed by atoms with Gasteiger partial charge in [-0.15, -0.1) is 0 Å². The predicted octanol–water partition coefficient (Wildman–Crippen LogP) is 2.54. The lowest BCUT2D eigenvalue weighted by Crippen LogP contribution is -2.26. The monoisotopic (exact) mass is 392 g/mol. The van der Waals surface area contributed by atoms with Crippen LogP contribution in [0.3, 0.4) is 0 Å². The Bertz CT molecular complexity index is 900. The molecule has 0 unspecified atom stereocenters. The van der Waals surface area contributed by atoms with Crippen LogP contribution in [-0.2, 0) is 28.3 Å². The van der Waals surface area contributed by atoms with E-state index >= 15 is 0 Å². The van der Waals surface area contributed by atoms with Crippen molar-refractivity contribution in [1.82, 2.24) is 14.5 Å². The Balaban J connectivity index is 1.97. The molecule has 0 saturated carbocycles. The largest absolute Gasteiger partial charge is 0.326 e. The number of nitrogens with zero attached hydrogens (tertiary/aromatic N) is 2. The van der Waals surface area contributed by atoms with Crippen molar-refractivity contribution in [3.8, 4) is 0 Å². The Labute approximate surface area is 161 Å². The van der Waals surface area contributed by atoms with Gasteiger partial charge in [0.2, 0.25) is 15.9 Å². The molecule has 0 fully saturated rings. The van der Waals surface area contributed by atoms with E-state index in [-0.39, 0.29) is 16.7 Å². The number of carbonyl (C=O) groups is 1. The van der Waals surface area contributed by atoms with Crippen molar-refractivity contribution >= 4 is 21.6 Å². The summed E-state index contributed by atoms with van der Waals surface area (Å²) in [4.78, 5) is 12.0. The summed E-state index contributed by atoms with van der Waals surface area (Å²) >= 11 is 0. The maximum Gasteiger partial charge on any atom is 0.240 e. The molecule has 7 nitrogen and oxygen atoms in total. The summed E-state index contributed by atoms with van der Waals surface area (Å²) in [5, 5.41) is 7.11. The third kappa shape index (κ3) is 5.64. The van der Waals surface area contributed by atoms with Crippen molar-refractivity contribution in [3.05, 3.63) is 41.2 Å². The summed E-state index contributed by atoms with van der Waals surface area (Å²) < 4.78 is 29.3. The molecule has 2 N–H and O–H groups in total. The van der Waals surface area contributed by atoms with E-state index in [1.807, 2.05) is 34.7 Å². The van der Waals surface area contributed by atoms with E-state index in [0.717, 1.165) is 17.0 Å². The number of aromatic nitrogens is 2. The van der Waals surface area contributed by atoms with E-state index in [9.17, 15) is 13.2 Å². The van der Waals surface area contributed by atoms with Crippen LogP contribution < -0.4 is 10.0 Å². The molecule has 0 bridgehead atoms. The van der Waals surface area contributed by atoms with E-state index in [1.165, 1.54) is 12.1 Å². The molecule has 0 atom stereocenters. The molecule has 0 aliphatic carbocycles. The Kier molecular flexibility index (Phi) is 6.78. The number of anilines is 1. The van der Waals surface area contributed by atoms with Gasteiger partial charge in [-0.2, -0.15) is 5.10 Å². The van der Waals surface area contributed by atoms with Crippen molar-refractivity contribution in [2.45, 2.75) is 45.4 Å². The summed E-state index contributed by atoms with van der Waals surface area (Å²) in [6.07, 6.45) is 1.00. The van der Waals surface area contributed by atoms with E-state index in [1.54, 1.807) is 16.8 Å². The maximum absolute atomic E-state index is 12.5. The molecule has 1 aromatic carbocycles. The molecule has 0 aliphatic rings.